The molecule has 2 amide bonds. The first kappa shape index (κ1) is 15.6. The Labute approximate surface area is 146 Å². The molecule has 2 heterocycles. The van der Waals surface area contributed by atoms with Gasteiger partial charge in [0.15, 0.2) is 5.11 Å². The summed E-state index contributed by atoms with van der Waals surface area (Å²) in [5, 5.41) is 2.64. The second-order valence-corrected chi connectivity index (χ2v) is 6.28. The molecule has 0 unspecified atom stereocenters. The van der Waals surface area contributed by atoms with Crippen LogP contribution in [0.3, 0.4) is 0 Å². The third kappa shape index (κ3) is 2.97. The van der Waals surface area contributed by atoms with E-state index in [0.29, 0.717) is 5.69 Å². The van der Waals surface area contributed by atoms with Crippen LogP contribution in [0, 0.1) is 0 Å². The molecule has 1 fully saturated rings. The Morgan fingerprint density at radius 2 is 2.00 bits per heavy atom. The van der Waals surface area contributed by atoms with E-state index in [9.17, 15) is 9.59 Å². The van der Waals surface area contributed by atoms with Crippen LogP contribution in [0.15, 0.2) is 52.6 Å². The molecule has 2 aromatic rings. The van der Waals surface area contributed by atoms with Gasteiger partial charge in [-0.3, -0.25) is 19.8 Å². The highest BCUT2D eigenvalue weighted by Gasteiger charge is 2.34. The smallest absolute Gasteiger partial charge is 0.270 e. The van der Waals surface area contributed by atoms with Crippen molar-refractivity contribution in [3.63, 3.8) is 0 Å². The fourth-order valence-electron chi connectivity index (χ4n) is 2.28. The first-order valence-corrected chi connectivity index (χ1v) is 7.96. The Balaban J connectivity index is 2.04. The molecule has 0 bridgehead atoms. The molecule has 0 spiro atoms. The van der Waals surface area contributed by atoms with Crippen molar-refractivity contribution >= 4 is 56.8 Å². The number of carbonyl (C=O) groups is 2. The van der Waals surface area contributed by atoms with Gasteiger partial charge < -0.3 is 4.57 Å². The van der Waals surface area contributed by atoms with Crippen LogP contribution in [0.5, 0.6) is 0 Å². The Hall–Kier alpha value is -2.25. The fraction of sp³-hybridized carbons (Fsp3) is 0.0625. The molecule has 0 radical (unpaired) electrons. The van der Waals surface area contributed by atoms with E-state index in [1.807, 2.05) is 36.0 Å². The molecular formula is C16H12BrN3O2S. The molecule has 1 aromatic heterocycles. The molecule has 0 aliphatic carbocycles. The number of carbonyl (C=O) groups excluding carboxylic acids is 2. The number of anilines is 1. The molecule has 0 atom stereocenters. The second-order valence-electron chi connectivity index (χ2n) is 4.98. The summed E-state index contributed by atoms with van der Waals surface area (Å²) in [7, 11) is 1.84. The van der Waals surface area contributed by atoms with Gasteiger partial charge in [-0.2, -0.15) is 0 Å². The Kier molecular flexibility index (Phi) is 4.14. The zero-order chi connectivity index (χ0) is 16.6. The van der Waals surface area contributed by atoms with Crippen molar-refractivity contribution in [3.05, 3.63) is 58.3 Å². The number of thiocarbonyl (C=S) groups is 1. The lowest BCUT2D eigenvalue weighted by molar-refractivity contribution is -0.122. The normalized spacial score (nSPS) is 16.9. The van der Waals surface area contributed by atoms with Gasteiger partial charge in [0.2, 0.25) is 0 Å². The lowest BCUT2D eigenvalue weighted by Gasteiger charge is -2.29. The molecule has 3 rings (SSSR count). The van der Waals surface area contributed by atoms with Crippen LogP contribution in [-0.2, 0) is 16.6 Å². The monoisotopic (exact) mass is 389 g/mol. The maximum Gasteiger partial charge on any atom is 0.270 e. The summed E-state index contributed by atoms with van der Waals surface area (Å²) < 4.78 is 2.64. The van der Waals surface area contributed by atoms with Gasteiger partial charge in [0.25, 0.3) is 11.8 Å². The zero-order valence-corrected chi connectivity index (χ0v) is 14.5. The molecule has 7 heteroatoms. The zero-order valence-electron chi connectivity index (χ0n) is 12.1. The Bertz CT molecular complexity index is 857. The van der Waals surface area contributed by atoms with Gasteiger partial charge in [-0.15, -0.1) is 0 Å². The predicted octanol–water partition coefficient (Wildman–Crippen LogP) is 2.62. The van der Waals surface area contributed by atoms with E-state index in [1.165, 1.54) is 4.90 Å². The van der Waals surface area contributed by atoms with E-state index < -0.39 is 11.8 Å². The van der Waals surface area contributed by atoms with Gasteiger partial charge in [-0.05, 0) is 48.6 Å². The van der Waals surface area contributed by atoms with Crippen LogP contribution < -0.4 is 10.2 Å². The number of aryl methyl sites for hydroxylation is 1. The molecule has 0 saturated carbocycles. The number of rotatable bonds is 2. The van der Waals surface area contributed by atoms with Crippen molar-refractivity contribution in [2.75, 3.05) is 4.90 Å². The Morgan fingerprint density at radius 3 is 2.65 bits per heavy atom. The van der Waals surface area contributed by atoms with Gasteiger partial charge in [-0.25, -0.2) is 0 Å². The molecule has 116 valence electrons. The van der Waals surface area contributed by atoms with E-state index in [0.717, 1.165) is 10.2 Å². The standard InChI is InChI=1S/C16H12BrN3O2S/c1-19-7-3-6-11(19)9-13-14(21)18-16(23)20(15(13)22)12-5-2-4-10(17)8-12/h2-9H,1H3,(H,18,21,23)/b13-9+. The third-order valence-corrected chi connectivity index (χ3v) is 4.22. The molecule has 1 aliphatic rings. The number of benzene rings is 1. The first-order valence-electron chi connectivity index (χ1n) is 6.76. The molecule has 1 saturated heterocycles. The van der Waals surface area contributed by atoms with Crippen LogP contribution in [0.1, 0.15) is 5.69 Å². The van der Waals surface area contributed by atoms with Gasteiger partial charge in [0.05, 0.1) is 5.69 Å². The maximum absolute atomic E-state index is 12.8. The van der Waals surface area contributed by atoms with E-state index in [-0.39, 0.29) is 10.7 Å². The minimum absolute atomic E-state index is 0.0420. The highest BCUT2D eigenvalue weighted by Crippen LogP contribution is 2.24. The van der Waals surface area contributed by atoms with E-state index >= 15 is 0 Å². The largest absolute Gasteiger partial charge is 0.351 e. The second kappa shape index (κ2) is 6.10. The van der Waals surface area contributed by atoms with Crippen LogP contribution in [0.2, 0.25) is 0 Å². The summed E-state index contributed by atoms with van der Waals surface area (Å²) in [6, 6.07) is 10.8. The van der Waals surface area contributed by atoms with Crippen molar-refractivity contribution in [1.29, 1.82) is 0 Å². The highest BCUT2D eigenvalue weighted by molar-refractivity contribution is 9.10. The first-order chi connectivity index (χ1) is 11.0. The summed E-state index contributed by atoms with van der Waals surface area (Å²) in [6.07, 6.45) is 3.40. The number of amides is 2. The van der Waals surface area contributed by atoms with Gasteiger partial charge >= 0.3 is 0 Å². The third-order valence-electron chi connectivity index (χ3n) is 3.44. The van der Waals surface area contributed by atoms with Gasteiger partial charge in [0.1, 0.15) is 5.57 Å². The molecular weight excluding hydrogens is 378 g/mol. The molecule has 1 N–H and O–H groups in total. The average Bonchev–Trinajstić information content (AvgIpc) is 2.88. The lowest BCUT2D eigenvalue weighted by Crippen LogP contribution is -2.54. The number of hydrogen-bond donors (Lipinski definition) is 1. The van der Waals surface area contributed by atoms with Crippen LogP contribution in [0.4, 0.5) is 5.69 Å². The molecule has 5 nitrogen and oxygen atoms in total. The minimum Gasteiger partial charge on any atom is -0.351 e. The topological polar surface area (TPSA) is 54.3 Å². The number of aromatic nitrogens is 1. The SMILES string of the molecule is Cn1cccc1/C=C1\C(=O)NC(=S)N(c2cccc(Br)c2)C1=O. The lowest BCUT2D eigenvalue weighted by atomic mass is 10.1. The average molecular weight is 390 g/mol. The number of hydrogen-bond acceptors (Lipinski definition) is 3. The summed E-state index contributed by atoms with van der Waals surface area (Å²) >= 11 is 8.53. The molecule has 23 heavy (non-hydrogen) atoms. The maximum atomic E-state index is 12.8. The molecule has 1 aliphatic heterocycles. The van der Waals surface area contributed by atoms with Crippen molar-refractivity contribution in [3.8, 4) is 0 Å². The number of nitrogens with zero attached hydrogens (tertiary/aromatic N) is 2. The summed E-state index contributed by atoms with van der Waals surface area (Å²) in [4.78, 5) is 26.3. The number of halogens is 1. The van der Waals surface area contributed by atoms with Gasteiger partial charge in [0, 0.05) is 23.4 Å². The van der Waals surface area contributed by atoms with Crippen molar-refractivity contribution < 1.29 is 9.59 Å². The number of nitrogens with one attached hydrogen (secondary N) is 1. The van der Waals surface area contributed by atoms with Crippen molar-refractivity contribution in [2.45, 2.75) is 0 Å². The summed E-state index contributed by atoms with van der Waals surface area (Å²) in [5.41, 5.74) is 1.39. The van der Waals surface area contributed by atoms with Crippen LogP contribution >= 0.6 is 28.1 Å². The van der Waals surface area contributed by atoms with E-state index in [4.69, 9.17) is 12.2 Å². The van der Waals surface area contributed by atoms with E-state index in [2.05, 4.69) is 21.2 Å². The Morgan fingerprint density at radius 1 is 1.22 bits per heavy atom. The van der Waals surface area contributed by atoms with Crippen LogP contribution in [-0.4, -0.2) is 21.5 Å². The minimum atomic E-state index is -0.493. The predicted molar refractivity (Wildman–Crippen MR) is 95.8 cm³/mol. The molecule has 1 aromatic carbocycles. The van der Waals surface area contributed by atoms with E-state index in [1.54, 1.807) is 24.3 Å². The summed E-state index contributed by atoms with van der Waals surface area (Å²) in [5.74, 6) is -0.939. The quantitative estimate of drug-likeness (QED) is 0.487. The van der Waals surface area contributed by atoms with Gasteiger partial charge in [-0.1, -0.05) is 22.0 Å². The van der Waals surface area contributed by atoms with Crippen molar-refractivity contribution in [1.82, 2.24) is 9.88 Å². The van der Waals surface area contributed by atoms with Crippen LogP contribution in [0.25, 0.3) is 6.08 Å². The summed E-state index contributed by atoms with van der Waals surface area (Å²) in [6.45, 7) is 0. The highest BCUT2D eigenvalue weighted by atomic mass is 79.9. The van der Waals surface area contributed by atoms with Crippen molar-refractivity contribution in [2.24, 2.45) is 7.05 Å². The fourth-order valence-corrected chi connectivity index (χ4v) is 2.95.